The quantitative estimate of drug-likeness (QED) is 0.718. The number of rotatable bonds is 4. The molecule has 18 heavy (non-hydrogen) atoms. The molecule has 0 saturated heterocycles. The monoisotopic (exact) mass is 255 g/mol. The van der Waals surface area contributed by atoms with Gasteiger partial charge in [0, 0.05) is 33.1 Å². The standard InChI is InChI=1S/C13H25N3O2/c1-16(2)12(17)8-9-15-13(18)10-6-4-3-5-7-11(10)14/h10-11H,3-9,14H2,1-2H3,(H,15,18). The van der Waals surface area contributed by atoms with E-state index in [4.69, 9.17) is 5.73 Å². The van der Waals surface area contributed by atoms with E-state index < -0.39 is 0 Å². The van der Waals surface area contributed by atoms with Crippen LogP contribution in [0.15, 0.2) is 0 Å². The zero-order chi connectivity index (χ0) is 13.5. The molecule has 5 heteroatoms. The van der Waals surface area contributed by atoms with Crippen LogP contribution in [0.2, 0.25) is 0 Å². The summed E-state index contributed by atoms with van der Waals surface area (Å²) in [5.41, 5.74) is 6.02. The third-order valence-corrected chi connectivity index (χ3v) is 3.54. The molecular formula is C13H25N3O2. The van der Waals surface area contributed by atoms with Crippen LogP contribution in [-0.2, 0) is 9.59 Å². The SMILES string of the molecule is CN(C)C(=O)CCNC(=O)C1CCCCCC1N. The third-order valence-electron chi connectivity index (χ3n) is 3.54. The van der Waals surface area contributed by atoms with Crippen molar-refractivity contribution in [1.82, 2.24) is 10.2 Å². The fraction of sp³-hybridized carbons (Fsp3) is 0.846. The molecule has 1 fully saturated rings. The number of nitrogens with zero attached hydrogens (tertiary/aromatic N) is 1. The lowest BCUT2D eigenvalue weighted by Gasteiger charge is -2.20. The van der Waals surface area contributed by atoms with Crippen molar-refractivity contribution in [2.24, 2.45) is 11.7 Å². The van der Waals surface area contributed by atoms with E-state index in [9.17, 15) is 9.59 Å². The van der Waals surface area contributed by atoms with Crippen molar-refractivity contribution in [2.45, 2.75) is 44.6 Å². The first-order chi connectivity index (χ1) is 8.52. The molecule has 3 N–H and O–H groups in total. The zero-order valence-electron chi connectivity index (χ0n) is 11.4. The van der Waals surface area contributed by atoms with E-state index in [-0.39, 0.29) is 23.8 Å². The summed E-state index contributed by atoms with van der Waals surface area (Å²) in [5, 5.41) is 2.83. The summed E-state index contributed by atoms with van der Waals surface area (Å²) in [6.07, 6.45) is 5.49. The first-order valence-corrected chi connectivity index (χ1v) is 6.76. The molecule has 0 aromatic heterocycles. The van der Waals surface area contributed by atoms with Gasteiger partial charge < -0.3 is 16.0 Å². The highest BCUT2D eigenvalue weighted by Gasteiger charge is 2.26. The molecule has 0 radical (unpaired) electrons. The largest absolute Gasteiger partial charge is 0.355 e. The fourth-order valence-corrected chi connectivity index (χ4v) is 2.31. The van der Waals surface area contributed by atoms with Gasteiger partial charge in [-0.05, 0) is 12.8 Å². The molecule has 0 aliphatic heterocycles. The summed E-state index contributed by atoms with van der Waals surface area (Å²) in [6, 6.07) is -0.0305. The van der Waals surface area contributed by atoms with Crippen LogP contribution in [0.4, 0.5) is 0 Å². The molecule has 2 atom stereocenters. The molecule has 1 rings (SSSR count). The van der Waals surface area contributed by atoms with Crippen LogP contribution in [0.1, 0.15) is 38.5 Å². The molecule has 5 nitrogen and oxygen atoms in total. The number of amides is 2. The molecule has 0 spiro atoms. The second-order valence-corrected chi connectivity index (χ2v) is 5.24. The van der Waals surface area contributed by atoms with E-state index in [2.05, 4.69) is 5.32 Å². The van der Waals surface area contributed by atoms with Crippen molar-refractivity contribution in [3.05, 3.63) is 0 Å². The van der Waals surface area contributed by atoms with Crippen LogP contribution in [0.25, 0.3) is 0 Å². The van der Waals surface area contributed by atoms with Crippen LogP contribution in [-0.4, -0.2) is 43.4 Å². The Hall–Kier alpha value is -1.10. The van der Waals surface area contributed by atoms with Crippen LogP contribution in [0, 0.1) is 5.92 Å². The lowest BCUT2D eigenvalue weighted by atomic mass is 9.94. The second-order valence-electron chi connectivity index (χ2n) is 5.24. The predicted octanol–water partition coefficient (Wildman–Crippen LogP) is 0.489. The van der Waals surface area contributed by atoms with Gasteiger partial charge in [0.2, 0.25) is 11.8 Å². The summed E-state index contributed by atoms with van der Waals surface area (Å²) in [4.78, 5) is 24.9. The molecule has 2 unspecified atom stereocenters. The van der Waals surface area contributed by atoms with Crippen LogP contribution in [0.5, 0.6) is 0 Å². The minimum absolute atomic E-state index is 0.0101. The molecule has 0 heterocycles. The number of hydrogen-bond donors (Lipinski definition) is 2. The molecule has 2 amide bonds. The van der Waals surface area contributed by atoms with Gasteiger partial charge in [0.05, 0.1) is 5.92 Å². The molecule has 1 saturated carbocycles. The maximum absolute atomic E-state index is 12.0. The van der Waals surface area contributed by atoms with E-state index in [1.165, 1.54) is 4.90 Å². The highest BCUT2D eigenvalue weighted by atomic mass is 16.2. The summed E-state index contributed by atoms with van der Waals surface area (Å²) in [6.45, 7) is 0.402. The molecule has 1 aliphatic carbocycles. The van der Waals surface area contributed by atoms with Gasteiger partial charge in [-0.1, -0.05) is 19.3 Å². The Kier molecular flexibility index (Phi) is 6.12. The van der Waals surface area contributed by atoms with E-state index in [0.717, 1.165) is 32.1 Å². The number of hydrogen-bond acceptors (Lipinski definition) is 3. The smallest absolute Gasteiger partial charge is 0.224 e. The summed E-state index contributed by atoms with van der Waals surface area (Å²) >= 11 is 0. The topological polar surface area (TPSA) is 75.4 Å². The van der Waals surface area contributed by atoms with Crippen molar-refractivity contribution < 1.29 is 9.59 Å². The average molecular weight is 255 g/mol. The number of carbonyl (C=O) groups is 2. The van der Waals surface area contributed by atoms with Crippen molar-refractivity contribution in [1.29, 1.82) is 0 Å². The second kappa shape index (κ2) is 7.36. The Labute approximate surface area is 109 Å². The molecule has 1 aliphatic rings. The lowest BCUT2D eigenvalue weighted by Crippen LogP contribution is -2.42. The van der Waals surface area contributed by atoms with Gasteiger partial charge in [-0.3, -0.25) is 9.59 Å². The number of nitrogens with one attached hydrogen (secondary N) is 1. The van der Waals surface area contributed by atoms with Crippen molar-refractivity contribution in [3.63, 3.8) is 0 Å². The highest BCUT2D eigenvalue weighted by molar-refractivity contribution is 5.80. The zero-order valence-corrected chi connectivity index (χ0v) is 11.4. The summed E-state index contributed by atoms with van der Waals surface area (Å²) in [5.74, 6) is -0.0432. The predicted molar refractivity (Wildman–Crippen MR) is 70.9 cm³/mol. The minimum Gasteiger partial charge on any atom is -0.355 e. The Morgan fingerprint density at radius 3 is 2.56 bits per heavy atom. The van der Waals surface area contributed by atoms with E-state index in [1.54, 1.807) is 14.1 Å². The van der Waals surface area contributed by atoms with E-state index >= 15 is 0 Å². The minimum atomic E-state index is -0.0815. The van der Waals surface area contributed by atoms with Gasteiger partial charge in [-0.15, -0.1) is 0 Å². The Morgan fingerprint density at radius 2 is 1.89 bits per heavy atom. The summed E-state index contributed by atoms with van der Waals surface area (Å²) < 4.78 is 0. The molecule has 0 aromatic carbocycles. The van der Waals surface area contributed by atoms with Gasteiger partial charge in [0.15, 0.2) is 0 Å². The molecule has 104 valence electrons. The van der Waals surface area contributed by atoms with Crippen molar-refractivity contribution in [3.8, 4) is 0 Å². The first kappa shape index (κ1) is 15.0. The molecule has 0 bridgehead atoms. The van der Waals surface area contributed by atoms with Gasteiger partial charge in [0.25, 0.3) is 0 Å². The molecular weight excluding hydrogens is 230 g/mol. The van der Waals surface area contributed by atoms with Gasteiger partial charge in [0.1, 0.15) is 0 Å². The Morgan fingerprint density at radius 1 is 1.22 bits per heavy atom. The maximum atomic E-state index is 12.0. The highest BCUT2D eigenvalue weighted by Crippen LogP contribution is 2.22. The number of carbonyl (C=O) groups excluding carboxylic acids is 2. The fourth-order valence-electron chi connectivity index (χ4n) is 2.31. The van der Waals surface area contributed by atoms with E-state index in [0.29, 0.717) is 13.0 Å². The molecule has 0 aromatic rings. The Balaban J connectivity index is 2.33. The summed E-state index contributed by atoms with van der Waals surface area (Å²) in [7, 11) is 3.43. The van der Waals surface area contributed by atoms with Crippen molar-refractivity contribution >= 4 is 11.8 Å². The van der Waals surface area contributed by atoms with Gasteiger partial charge in [-0.2, -0.15) is 0 Å². The first-order valence-electron chi connectivity index (χ1n) is 6.76. The van der Waals surface area contributed by atoms with E-state index in [1.807, 2.05) is 0 Å². The lowest BCUT2D eigenvalue weighted by molar-refractivity contribution is -0.129. The van der Waals surface area contributed by atoms with Gasteiger partial charge >= 0.3 is 0 Å². The maximum Gasteiger partial charge on any atom is 0.224 e. The van der Waals surface area contributed by atoms with Crippen LogP contribution < -0.4 is 11.1 Å². The van der Waals surface area contributed by atoms with Crippen LogP contribution in [0.3, 0.4) is 0 Å². The van der Waals surface area contributed by atoms with Crippen LogP contribution >= 0.6 is 0 Å². The normalized spacial score (nSPS) is 24.2. The van der Waals surface area contributed by atoms with Crippen molar-refractivity contribution in [2.75, 3.05) is 20.6 Å². The number of nitrogens with two attached hydrogens (primary N) is 1. The third kappa shape index (κ3) is 4.64. The average Bonchev–Trinajstić information content (AvgIpc) is 2.53. The Bertz CT molecular complexity index is 292. The van der Waals surface area contributed by atoms with Gasteiger partial charge in [-0.25, -0.2) is 0 Å².